The highest BCUT2D eigenvalue weighted by Crippen LogP contribution is 2.40. The third-order valence-electron chi connectivity index (χ3n) is 10.7. The zero-order valence-electron chi connectivity index (χ0n) is 31.3. The van der Waals surface area contributed by atoms with Crippen LogP contribution in [0.5, 0.6) is 0 Å². The van der Waals surface area contributed by atoms with Crippen LogP contribution in [0.2, 0.25) is 0 Å². The number of alkyl halides is 3. The fourth-order valence-corrected chi connectivity index (χ4v) is 10.7. The lowest BCUT2D eigenvalue weighted by molar-refractivity contribution is -0.0435. The van der Waals surface area contributed by atoms with Crippen LogP contribution in [-0.2, 0) is 19.9 Å². The van der Waals surface area contributed by atoms with Crippen LogP contribution in [0, 0.1) is 5.41 Å². The number of hydrogen-bond donors (Lipinski definition) is 2. The van der Waals surface area contributed by atoms with E-state index in [-0.39, 0.29) is 16.7 Å². The lowest BCUT2D eigenvalue weighted by atomic mass is 9.79. The second kappa shape index (κ2) is 16.6. The molecule has 11 nitrogen and oxygen atoms in total. The minimum atomic E-state index is -6.02. The fourth-order valence-electron chi connectivity index (χ4n) is 7.68. The van der Waals surface area contributed by atoms with Gasteiger partial charge in [0.05, 0.1) is 10.6 Å². The molecule has 1 atom stereocenters. The van der Waals surface area contributed by atoms with Gasteiger partial charge in [0.15, 0.2) is 0 Å². The van der Waals surface area contributed by atoms with Crippen LogP contribution in [0.3, 0.4) is 0 Å². The number of halogens is 3. The Morgan fingerprint density at radius 1 is 0.891 bits per heavy atom. The van der Waals surface area contributed by atoms with E-state index in [0.717, 1.165) is 81.5 Å². The number of likely N-dealkylation sites (tertiary alicyclic amines) is 1. The summed E-state index contributed by atoms with van der Waals surface area (Å²) in [6, 6.07) is 18.3. The average Bonchev–Trinajstić information content (AvgIpc) is 3.58. The Kier molecular flexibility index (Phi) is 12.5. The van der Waals surface area contributed by atoms with E-state index in [1.807, 2.05) is 35.1 Å². The topological polar surface area (TPSA) is 122 Å². The number of hydrogen-bond acceptors (Lipinski definition) is 11. The van der Waals surface area contributed by atoms with Crippen molar-refractivity contribution in [1.82, 2.24) is 19.4 Å². The zero-order chi connectivity index (χ0) is 39.6. The Morgan fingerprint density at radius 3 is 2.18 bits per heavy atom. The minimum absolute atomic E-state index is 0.0235. The Morgan fingerprint density at radius 2 is 1.56 bits per heavy atom. The van der Waals surface area contributed by atoms with Crippen LogP contribution in [-0.4, -0.2) is 127 Å². The van der Waals surface area contributed by atoms with Crippen LogP contribution in [0.15, 0.2) is 87.5 Å². The molecule has 0 saturated carbocycles. The molecule has 3 aliphatic rings. The van der Waals surface area contributed by atoms with Crippen molar-refractivity contribution in [3.8, 4) is 0 Å². The smallest absolute Gasteiger partial charge is 0.380 e. The Bertz CT molecular complexity index is 2020. The summed E-state index contributed by atoms with van der Waals surface area (Å²) in [5.41, 5.74) is -4.92. The van der Waals surface area contributed by atoms with Crippen LogP contribution < -0.4 is 14.9 Å². The van der Waals surface area contributed by atoms with E-state index in [1.54, 1.807) is 12.1 Å². The van der Waals surface area contributed by atoms with Gasteiger partial charge in [-0.05, 0) is 88.3 Å². The highest BCUT2D eigenvalue weighted by Gasteiger charge is 2.49. The maximum atomic E-state index is 14.1. The maximum absolute atomic E-state index is 14.1. The van der Waals surface area contributed by atoms with Gasteiger partial charge in [-0.1, -0.05) is 18.2 Å². The molecule has 300 valence electrons. The van der Waals surface area contributed by atoms with Crippen LogP contribution in [0.4, 0.5) is 24.5 Å². The van der Waals surface area contributed by atoms with Crippen molar-refractivity contribution >= 4 is 48.9 Å². The molecule has 3 aliphatic heterocycles. The molecule has 0 bridgehead atoms. The first kappa shape index (κ1) is 41.3. The number of rotatable bonds is 14. The molecule has 3 aromatic rings. The number of anilines is 2. The van der Waals surface area contributed by atoms with Gasteiger partial charge in [-0.3, -0.25) is 9.69 Å². The number of thioether (sulfide) groups is 1. The maximum Gasteiger partial charge on any atom is 0.501 e. The van der Waals surface area contributed by atoms with E-state index in [4.69, 9.17) is 0 Å². The van der Waals surface area contributed by atoms with Crippen molar-refractivity contribution in [2.45, 2.75) is 59.0 Å². The van der Waals surface area contributed by atoms with Crippen molar-refractivity contribution in [1.29, 1.82) is 0 Å². The standard InChI is InChI=1S/C38H49F3N6O5S3/c1-28(2)46-21-19-45(20-22-46)17-15-30(24-53-32-7-5-4-6-8-32)42-34-14-13-33(23-35(34)54(49,50)38(39,40)41)55(51,52)43-36(48)29-9-11-31(12-10-29)47-18-16-37(27-47)25-44(3)26-37/h4-14,23,28,30,42H,15-22,24-27H2,1-3H3,(H,43,48)/t30-/m1/s1. The number of piperazine rings is 1. The Hall–Kier alpha value is -3.35. The zero-order valence-corrected chi connectivity index (χ0v) is 33.7. The molecular weight excluding hydrogens is 774 g/mol. The fraction of sp³-hybridized carbons (Fsp3) is 0.500. The third kappa shape index (κ3) is 9.79. The summed E-state index contributed by atoms with van der Waals surface area (Å²) in [6.07, 6.45) is 1.54. The third-order valence-corrected chi connectivity index (χ3v) is 14.7. The Labute approximate surface area is 326 Å². The normalized spacial score (nSPS) is 19.1. The second-order valence-corrected chi connectivity index (χ2v) is 19.8. The number of sulfonamides is 1. The van der Waals surface area contributed by atoms with Gasteiger partial charge in [0, 0.05) is 98.3 Å². The number of carbonyl (C=O) groups is 1. The van der Waals surface area contributed by atoms with E-state index in [2.05, 4.69) is 45.8 Å². The highest BCUT2D eigenvalue weighted by atomic mass is 32.2. The van der Waals surface area contributed by atoms with Crippen molar-refractivity contribution < 1.29 is 34.8 Å². The van der Waals surface area contributed by atoms with Gasteiger partial charge >= 0.3 is 5.51 Å². The quantitative estimate of drug-likeness (QED) is 0.208. The SMILES string of the molecule is CC(C)N1CCN(CC[C@H](CSc2ccccc2)Nc2ccc(S(=O)(=O)NC(=O)c3ccc(N4CCC5(CN(C)C5)C4)cc3)cc2S(=O)(=O)C(F)(F)F)CC1. The lowest BCUT2D eigenvalue weighted by Gasteiger charge is -2.46. The summed E-state index contributed by atoms with van der Waals surface area (Å²) in [6.45, 7) is 12.1. The predicted molar refractivity (Wildman–Crippen MR) is 210 cm³/mol. The largest absolute Gasteiger partial charge is 0.501 e. The molecular formula is C38H49F3N6O5S3. The molecule has 17 heteroatoms. The summed E-state index contributed by atoms with van der Waals surface area (Å²) in [4.78, 5) is 21.2. The van der Waals surface area contributed by atoms with Crippen molar-refractivity contribution in [3.05, 3.63) is 78.4 Å². The first-order chi connectivity index (χ1) is 25.9. The molecule has 6 rings (SSSR count). The predicted octanol–water partition coefficient (Wildman–Crippen LogP) is 5.23. The van der Waals surface area contributed by atoms with Crippen molar-refractivity contribution in [2.24, 2.45) is 5.41 Å². The summed E-state index contributed by atoms with van der Waals surface area (Å²) in [5, 5.41) is 3.03. The summed E-state index contributed by atoms with van der Waals surface area (Å²) in [7, 11) is -8.74. The first-order valence-corrected chi connectivity index (χ1v) is 22.4. The van der Waals surface area contributed by atoms with E-state index in [9.17, 15) is 34.8 Å². The van der Waals surface area contributed by atoms with Crippen molar-refractivity contribution in [3.63, 3.8) is 0 Å². The Balaban J connectivity index is 1.19. The van der Waals surface area contributed by atoms with Gasteiger partial charge in [0.2, 0.25) is 0 Å². The van der Waals surface area contributed by atoms with Gasteiger partial charge < -0.3 is 20.0 Å². The summed E-state index contributed by atoms with van der Waals surface area (Å²) in [5.74, 6) is -0.605. The van der Waals surface area contributed by atoms with Gasteiger partial charge in [-0.2, -0.15) is 13.2 Å². The molecule has 3 heterocycles. The molecule has 55 heavy (non-hydrogen) atoms. The molecule has 1 amide bonds. The molecule has 3 saturated heterocycles. The molecule has 2 N–H and O–H groups in total. The monoisotopic (exact) mass is 822 g/mol. The van der Waals surface area contributed by atoms with Gasteiger partial charge in [0.1, 0.15) is 4.90 Å². The molecule has 0 unspecified atom stereocenters. The number of sulfone groups is 1. The molecule has 0 aromatic heterocycles. The average molecular weight is 823 g/mol. The minimum Gasteiger partial charge on any atom is -0.380 e. The number of benzene rings is 3. The second-order valence-electron chi connectivity index (χ2n) is 15.2. The lowest BCUT2D eigenvalue weighted by Crippen LogP contribution is -2.55. The molecule has 3 aromatic carbocycles. The van der Waals surface area contributed by atoms with Gasteiger partial charge in [0.25, 0.3) is 25.8 Å². The van der Waals surface area contributed by atoms with Crippen LogP contribution in [0.1, 0.15) is 37.0 Å². The van der Waals surface area contributed by atoms with Crippen LogP contribution in [0.25, 0.3) is 0 Å². The highest BCUT2D eigenvalue weighted by molar-refractivity contribution is 7.99. The van der Waals surface area contributed by atoms with E-state index < -0.39 is 47.1 Å². The first-order valence-electron chi connectivity index (χ1n) is 18.4. The van der Waals surface area contributed by atoms with Gasteiger partial charge in [-0.25, -0.2) is 21.6 Å². The number of amides is 1. The van der Waals surface area contributed by atoms with E-state index >= 15 is 0 Å². The molecule has 0 radical (unpaired) electrons. The number of carbonyl (C=O) groups excluding carboxylic acids is 1. The number of nitrogens with zero attached hydrogens (tertiary/aromatic N) is 4. The molecule has 1 spiro atoms. The van der Waals surface area contributed by atoms with Crippen LogP contribution >= 0.6 is 11.8 Å². The van der Waals surface area contributed by atoms with Gasteiger partial charge in [-0.15, -0.1) is 11.8 Å². The number of nitrogens with one attached hydrogen (secondary N) is 2. The van der Waals surface area contributed by atoms with E-state index in [1.165, 1.54) is 23.9 Å². The summed E-state index contributed by atoms with van der Waals surface area (Å²) >= 11 is 1.47. The molecule has 3 fully saturated rings. The summed E-state index contributed by atoms with van der Waals surface area (Å²) < 4.78 is 97.1. The molecule has 0 aliphatic carbocycles. The van der Waals surface area contributed by atoms with Crippen molar-refractivity contribution in [2.75, 3.05) is 81.9 Å². The van der Waals surface area contributed by atoms with E-state index in [0.29, 0.717) is 30.8 Å².